The van der Waals surface area contributed by atoms with Gasteiger partial charge in [0.1, 0.15) is 11.6 Å². The molecule has 2 N–H and O–H groups in total. The normalized spacial score (nSPS) is 9.85. The first-order chi connectivity index (χ1) is 9.51. The number of nitriles is 1. The summed E-state index contributed by atoms with van der Waals surface area (Å²) >= 11 is 0. The van der Waals surface area contributed by atoms with Gasteiger partial charge in [0.2, 0.25) is 5.91 Å². The van der Waals surface area contributed by atoms with E-state index in [1.807, 2.05) is 6.07 Å². The van der Waals surface area contributed by atoms with Gasteiger partial charge in [-0.25, -0.2) is 9.37 Å². The molecule has 0 aliphatic carbocycles. The highest BCUT2D eigenvalue weighted by Gasteiger charge is 2.17. The van der Waals surface area contributed by atoms with Crippen molar-refractivity contribution in [2.24, 2.45) is 0 Å². The highest BCUT2D eigenvalue weighted by molar-refractivity contribution is 5.98. The van der Waals surface area contributed by atoms with Gasteiger partial charge < -0.3 is 5.73 Å². The predicted molar refractivity (Wildman–Crippen MR) is 72.6 cm³/mol. The van der Waals surface area contributed by atoms with Crippen molar-refractivity contribution in [1.29, 1.82) is 5.26 Å². The molecule has 0 radical (unpaired) electrons. The molecule has 1 heterocycles. The van der Waals surface area contributed by atoms with Crippen molar-refractivity contribution < 1.29 is 9.18 Å². The summed E-state index contributed by atoms with van der Waals surface area (Å²) in [4.78, 5) is 17.0. The Kier molecular flexibility index (Phi) is 3.62. The van der Waals surface area contributed by atoms with Crippen LogP contribution in [0.3, 0.4) is 0 Å². The van der Waals surface area contributed by atoms with Crippen LogP contribution < -0.4 is 10.6 Å². The number of halogens is 1. The summed E-state index contributed by atoms with van der Waals surface area (Å²) in [5.41, 5.74) is 6.43. The van der Waals surface area contributed by atoms with E-state index in [4.69, 9.17) is 11.0 Å². The van der Waals surface area contributed by atoms with Crippen LogP contribution in [0.25, 0.3) is 0 Å². The maximum Gasteiger partial charge on any atom is 0.229 e. The number of anilines is 3. The summed E-state index contributed by atoms with van der Waals surface area (Å²) in [7, 11) is 0. The van der Waals surface area contributed by atoms with Crippen LogP contribution in [0.15, 0.2) is 36.5 Å². The molecule has 0 aliphatic heterocycles. The lowest BCUT2D eigenvalue weighted by molar-refractivity contribution is -0.115. The van der Waals surface area contributed by atoms with Gasteiger partial charge in [-0.3, -0.25) is 9.69 Å². The van der Waals surface area contributed by atoms with Gasteiger partial charge >= 0.3 is 0 Å². The third-order valence-corrected chi connectivity index (χ3v) is 2.58. The molecule has 0 saturated carbocycles. The van der Waals surface area contributed by atoms with E-state index in [2.05, 4.69) is 4.98 Å². The number of nitrogen functional groups attached to an aromatic ring is 1. The van der Waals surface area contributed by atoms with Crippen LogP contribution in [-0.2, 0) is 4.79 Å². The fraction of sp³-hybridized carbons (Fsp3) is 0.0714. The largest absolute Gasteiger partial charge is 0.399 e. The molecule has 1 amide bonds. The van der Waals surface area contributed by atoms with Crippen LogP contribution in [0.4, 0.5) is 21.6 Å². The maximum absolute atomic E-state index is 13.5. The molecule has 2 aromatic rings. The molecule has 0 fully saturated rings. The van der Waals surface area contributed by atoms with Crippen LogP contribution in [0.5, 0.6) is 0 Å². The van der Waals surface area contributed by atoms with Gasteiger partial charge in [0.05, 0.1) is 17.3 Å². The molecule has 0 atom stereocenters. The first-order valence-electron chi connectivity index (χ1n) is 5.74. The van der Waals surface area contributed by atoms with Crippen LogP contribution in [0, 0.1) is 17.1 Å². The second kappa shape index (κ2) is 5.36. The molecule has 0 aliphatic rings. The Morgan fingerprint density at radius 1 is 1.40 bits per heavy atom. The van der Waals surface area contributed by atoms with Crippen LogP contribution >= 0.6 is 0 Å². The monoisotopic (exact) mass is 270 g/mol. The Balaban J connectivity index is 2.58. The Labute approximate surface area is 115 Å². The average molecular weight is 270 g/mol. The van der Waals surface area contributed by atoms with Gasteiger partial charge in [-0.15, -0.1) is 0 Å². The summed E-state index contributed by atoms with van der Waals surface area (Å²) in [6, 6.07) is 8.58. The van der Waals surface area contributed by atoms with E-state index < -0.39 is 5.82 Å². The summed E-state index contributed by atoms with van der Waals surface area (Å²) < 4.78 is 13.5. The zero-order valence-corrected chi connectivity index (χ0v) is 10.7. The molecule has 20 heavy (non-hydrogen) atoms. The third-order valence-electron chi connectivity index (χ3n) is 2.58. The van der Waals surface area contributed by atoms with Gasteiger partial charge in [-0.05, 0) is 24.3 Å². The highest BCUT2D eigenvalue weighted by Crippen LogP contribution is 2.26. The second-order valence-corrected chi connectivity index (χ2v) is 4.11. The zero-order chi connectivity index (χ0) is 14.7. The Bertz CT molecular complexity index is 709. The van der Waals surface area contributed by atoms with E-state index >= 15 is 0 Å². The number of aromatic nitrogens is 1. The SMILES string of the molecule is CC(=O)N(c1cc(F)cc(C#N)c1)c1cc(N)ccn1. The molecule has 0 spiro atoms. The summed E-state index contributed by atoms with van der Waals surface area (Å²) in [6.07, 6.45) is 1.45. The van der Waals surface area contributed by atoms with Gasteiger partial charge in [-0.2, -0.15) is 5.26 Å². The van der Waals surface area contributed by atoms with Crippen molar-refractivity contribution >= 4 is 23.1 Å². The van der Waals surface area contributed by atoms with Crippen molar-refractivity contribution in [3.05, 3.63) is 47.9 Å². The van der Waals surface area contributed by atoms with Gasteiger partial charge in [0.15, 0.2) is 0 Å². The second-order valence-electron chi connectivity index (χ2n) is 4.11. The number of amides is 1. The lowest BCUT2D eigenvalue weighted by Gasteiger charge is -2.20. The number of hydrogen-bond acceptors (Lipinski definition) is 4. The van der Waals surface area contributed by atoms with E-state index in [1.54, 1.807) is 6.07 Å². The Hall–Kier alpha value is -2.94. The van der Waals surface area contributed by atoms with E-state index in [-0.39, 0.29) is 23.0 Å². The lowest BCUT2D eigenvalue weighted by atomic mass is 10.2. The van der Waals surface area contributed by atoms with Crippen molar-refractivity contribution in [3.63, 3.8) is 0 Å². The maximum atomic E-state index is 13.5. The standard InChI is InChI=1S/C14H11FN4O/c1-9(20)19(14-7-12(17)2-3-18-14)13-5-10(8-16)4-11(15)6-13/h2-7H,1H3,(H2,17,18). The van der Waals surface area contributed by atoms with E-state index in [0.717, 1.165) is 12.1 Å². The molecule has 1 aromatic carbocycles. The minimum absolute atomic E-state index is 0.121. The Morgan fingerprint density at radius 3 is 2.75 bits per heavy atom. The molecule has 6 heteroatoms. The van der Waals surface area contributed by atoms with Gasteiger partial charge in [-0.1, -0.05) is 0 Å². The lowest BCUT2D eigenvalue weighted by Crippen LogP contribution is -2.24. The van der Waals surface area contributed by atoms with Crippen molar-refractivity contribution in [3.8, 4) is 6.07 Å². The zero-order valence-electron chi connectivity index (χ0n) is 10.7. The average Bonchev–Trinajstić information content (AvgIpc) is 2.37. The molecule has 2 rings (SSSR count). The number of nitrogens with zero attached hydrogens (tertiary/aromatic N) is 3. The quantitative estimate of drug-likeness (QED) is 0.908. The molecule has 0 bridgehead atoms. The van der Waals surface area contributed by atoms with E-state index in [1.165, 1.54) is 30.2 Å². The van der Waals surface area contributed by atoms with Crippen LogP contribution in [-0.4, -0.2) is 10.9 Å². The molecule has 0 saturated heterocycles. The number of nitrogens with two attached hydrogens (primary N) is 1. The van der Waals surface area contributed by atoms with Gasteiger partial charge in [0, 0.05) is 24.9 Å². The topological polar surface area (TPSA) is 83.0 Å². The minimum Gasteiger partial charge on any atom is -0.399 e. The fourth-order valence-electron chi connectivity index (χ4n) is 1.80. The van der Waals surface area contributed by atoms with Crippen LogP contribution in [0.2, 0.25) is 0 Å². The number of carbonyl (C=O) groups excluding carboxylic acids is 1. The number of rotatable bonds is 2. The first kappa shape index (κ1) is 13.5. The number of benzene rings is 1. The predicted octanol–water partition coefficient (Wildman–Crippen LogP) is 2.36. The molecule has 1 aromatic heterocycles. The molecular formula is C14H11FN4O. The molecule has 100 valence electrons. The molecule has 0 unspecified atom stereocenters. The molecular weight excluding hydrogens is 259 g/mol. The van der Waals surface area contributed by atoms with E-state index in [0.29, 0.717) is 5.69 Å². The minimum atomic E-state index is -0.603. The van der Waals surface area contributed by atoms with Crippen molar-refractivity contribution in [2.75, 3.05) is 10.6 Å². The van der Waals surface area contributed by atoms with E-state index in [9.17, 15) is 9.18 Å². The first-order valence-corrected chi connectivity index (χ1v) is 5.74. The fourth-order valence-corrected chi connectivity index (χ4v) is 1.80. The molecule has 5 nitrogen and oxygen atoms in total. The number of carbonyl (C=O) groups is 1. The number of pyridine rings is 1. The summed E-state index contributed by atoms with van der Waals surface area (Å²) in [5.74, 6) is -0.696. The summed E-state index contributed by atoms with van der Waals surface area (Å²) in [5, 5.41) is 8.87. The van der Waals surface area contributed by atoms with Crippen molar-refractivity contribution in [1.82, 2.24) is 4.98 Å². The van der Waals surface area contributed by atoms with Gasteiger partial charge in [0.25, 0.3) is 0 Å². The third kappa shape index (κ3) is 2.72. The van der Waals surface area contributed by atoms with Crippen LogP contribution in [0.1, 0.15) is 12.5 Å². The summed E-state index contributed by atoms with van der Waals surface area (Å²) in [6.45, 7) is 1.32. The highest BCUT2D eigenvalue weighted by atomic mass is 19.1. The Morgan fingerprint density at radius 2 is 2.15 bits per heavy atom. The smallest absolute Gasteiger partial charge is 0.229 e. The van der Waals surface area contributed by atoms with Crippen molar-refractivity contribution in [2.45, 2.75) is 6.92 Å². The number of hydrogen-bond donors (Lipinski definition) is 1.